The molecule has 1 amide bonds. The fraction of sp³-hybridized carbons (Fsp3) is 0.111. The van der Waals surface area contributed by atoms with Crippen LogP contribution in [0.5, 0.6) is 0 Å². The number of oxazole rings is 1. The number of benzene rings is 2. The summed E-state index contributed by atoms with van der Waals surface area (Å²) < 4.78 is 7.02. The number of hydrogen-bond acceptors (Lipinski definition) is 5. The largest absolute Gasteiger partial charge is 0.441 e. The molecule has 130 valence electrons. The van der Waals surface area contributed by atoms with Crippen LogP contribution in [0.4, 0.5) is 5.69 Å². The Kier molecular flexibility index (Phi) is 3.93. The van der Waals surface area contributed by atoms with Gasteiger partial charge in [-0.15, -0.1) is 5.10 Å². The fourth-order valence-electron chi connectivity index (χ4n) is 2.64. The highest BCUT2D eigenvalue weighted by molar-refractivity contribution is 6.32. The van der Waals surface area contributed by atoms with Crippen LogP contribution in [0.1, 0.15) is 22.3 Å². The van der Waals surface area contributed by atoms with Crippen molar-refractivity contribution in [3.8, 4) is 5.69 Å². The maximum Gasteiger partial charge on any atom is 0.295 e. The van der Waals surface area contributed by atoms with Crippen LogP contribution in [0.15, 0.2) is 46.9 Å². The van der Waals surface area contributed by atoms with Gasteiger partial charge in [-0.1, -0.05) is 23.7 Å². The Morgan fingerprint density at radius 3 is 2.77 bits per heavy atom. The van der Waals surface area contributed by atoms with Crippen molar-refractivity contribution in [2.45, 2.75) is 13.8 Å². The van der Waals surface area contributed by atoms with E-state index in [1.165, 1.54) is 0 Å². The third kappa shape index (κ3) is 2.93. The van der Waals surface area contributed by atoms with Crippen molar-refractivity contribution < 1.29 is 9.21 Å². The molecule has 0 radical (unpaired) electrons. The van der Waals surface area contributed by atoms with Gasteiger partial charge in [0.1, 0.15) is 11.3 Å². The molecule has 0 atom stereocenters. The fourth-order valence-corrected chi connectivity index (χ4v) is 2.86. The molecule has 0 spiro atoms. The van der Waals surface area contributed by atoms with E-state index in [0.29, 0.717) is 33.7 Å². The molecule has 0 unspecified atom stereocenters. The van der Waals surface area contributed by atoms with Gasteiger partial charge in [0, 0.05) is 18.7 Å². The Morgan fingerprint density at radius 2 is 1.96 bits per heavy atom. The van der Waals surface area contributed by atoms with Gasteiger partial charge in [0.15, 0.2) is 11.5 Å². The summed E-state index contributed by atoms with van der Waals surface area (Å²) in [5.74, 6) is 0.759. The second kappa shape index (κ2) is 6.27. The summed E-state index contributed by atoms with van der Waals surface area (Å²) in [5.41, 5.74) is 2.57. The molecule has 0 aliphatic rings. The molecule has 0 aliphatic carbocycles. The number of carbonyl (C=O) groups excluding carboxylic acids is 1. The van der Waals surface area contributed by atoms with Crippen molar-refractivity contribution in [2.24, 2.45) is 0 Å². The second-order valence-corrected chi connectivity index (χ2v) is 6.12. The number of para-hydroxylation sites is 1. The lowest BCUT2D eigenvalue weighted by atomic mass is 10.3. The van der Waals surface area contributed by atoms with Gasteiger partial charge in [0.2, 0.25) is 5.82 Å². The molecule has 0 aliphatic heterocycles. The van der Waals surface area contributed by atoms with Gasteiger partial charge in [-0.2, -0.15) is 0 Å². The van der Waals surface area contributed by atoms with Crippen molar-refractivity contribution in [1.82, 2.24) is 19.7 Å². The summed E-state index contributed by atoms with van der Waals surface area (Å²) >= 11 is 6.20. The molecule has 7 nitrogen and oxygen atoms in total. The Bertz CT molecular complexity index is 1130. The molecule has 0 saturated heterocycles. The summed E-state index contributed by atoms with van der Waals surface area (Å²) in [4.78, 5) is 21.0. The Labute approximate surface area is 153 Å². The Hall–Kier alpha value is -3.19. The lowest BCUT2D eigenvalue weighted by Gasteiger charge is -2.04. The lowest BCUT2D eigenvalue weighted by molar-refractivity contribution is 0.101. The van der Waals surface area contributed by atoms with E-state index in [4.69, 9.17) is 16.0 Å². The van der Waals surface area contributed by atoms with Crippen molar-refractivity contribution in [3.63, 3.8) is 0 Å². The van der Waals surface area contributed by atoms with E-state index in [9.17, 15) is 4.79 Å². The van der Waals surface area contributed by atoms with Crippen LogP contribution in [0.3, 0.4) is 0 Å². The molecule has 0 bridgehead atoms. The number of anilines is 1. The maximum absolute atomic E-state index is 12.5. The number of nitrogens with zero attached hydrogens (tertiary/aromatic N) is 4. The predicted octanol–water partition coefficient (Wildman–Crippen LogP) is 3.93. The Balaban J connectivity index is 1.62. The van der Waals surface area contributed by atoms with Gasteiger partial charge >= 0.3 is 0 Å². The molecule has 0 saturated carbocycles. The number of hydrogen-bond donors (Lipinski definition) is 1. The first-order valence-corrected chi connectivity index (χ1v) is 8.26. The number of rotatable bonds is 3. The molecule has 2 aromatic heterocycles. The predicted molar refractivity (Wildman–Crippen MR) is 97.8 cm³/mol. The van der Waals surface area contributed by atoms with E-state index >= 15 is 0 Å². The molecule has 26 heavy (non-hydrogen) atoms. The van der Waals surface area contributed by atoms with E-state index < -0.39 is 5.91 Å². The van der Waals surface area contributed by atoms with Crippen molar-refractivity contribution in [2.75, 3.05) is 5.32 Å². The number of carbonyl (C=O) groups is 1. The smallest absolute Gasteiger partial charge is 0.295 e. The normalized spacial score (nSPS) is 11.0. The van der Waals surface area contributed by atoms with E-state index in [0.717, 1.165) is 5.52 Å². The van der Waals surface area contributed by atoms with Gasteiger partial charge in [-0.3, -0.25) is 4.79 Å². The molecule has 8 heteroatoms. The third-order valence-electron chi connectivity index (χ3n) is 3.81. The van der Waals surface area contributed by atoms with Crippen molar-refractivity contribution >= 4 is 34.3 Å². The summed E-state index contributed by atoms with van der Waals surface area (Å²) in [5, 5.41) is 7.57. The SMILES string of the molecule is Cc1nc2ccc(NC(=O)c3nc(C)n(-c4ccccc4Cl)n3)cc2o1. The maximum atomic E-state index is 12.5. The third-order valence-corrected chi connectivity index (χ3v) is 4.13. The minimum atomic E-state index is -0.422. The van der Waals surface area contributed by atoms with Gasteiger partial charge in [0.25, 0.3) is 5.91 Å². The Morgan fingerprint density at radius 1 is 1.15 bits per heavy atom. The molecule has 4 rings (SSSR count). The minimum absolute atomic E-state index is 0.0521. The number of amides is 1. The van der Waals surface area contributed by atoms with E-state index in [2.05, 4.69) is 20.4 Å². The van der Waals surface area contributed by atoms with Crippen LogP contribution in [-0.4, -0.2) is 25.7 Å². The highest BCUT2D eigenvalue weighted by atomic mass is 35.5. The molecule has 2 heterocycles. The highest BCUT2D eigenvalue weighted by Gasteiger charge is 2.17. The van der Waals surface area contributed by atoms with Crippen molar-refractivity contribution in [3.05, 3.63) is 65.0 Å². The van der Waals surface area contributed by atoms with Gasteiger partial charge in [-0.05, 0) is 31.2 Å². The standard InChI is InChI=1S/C18H14ClN5O2/c1-10-20-17(23-24(10)15-6-4-3-5-13(15)19)18(25)22-12-7-8-14-16(9-12)26-11(2)21-14/h3-9H,1-2H3,(H,22,25). The quantitative estimate of drug-likeness (QED) is 0.593. The number of nitrogens with one attached hydrogen (secondary N) is 1. The van der Waals surface area contributed by atoms with Crippen LogP contribution < -0.4 is 5.32 Å². The number of aromatic nitrogens is 4. The first kappa shape index (κ1) is 16.3. The number of fused-ring (bicyclic) bond motifs is 1. The lowest BCUT2D eigenvalue weighted by Crippen LogP contribution is -2.14. The number of halogens is 1. The first-order valence-electron chi connectivity index (χ1n) is 7.88. The summed E-state index contributed by atoms with van der Waals surface area (Å²) in [6.07, 6.45) is 0. The van der Waals surface area contributed by atoms with Crippen LogP contribution in [0.25, 0.3) is 16.8 Å². The van der Waals surface area contributed by atoms with Gasteiger partial charge in [0.05, 0.1) is 10.7 Å². The zero-order valence-corrected chi connectivity index (χ0v) is 14.8. The second-order valence-electron chi connectivity index (χ2n) is 5.72. The van der Waals surface area contributed by atoms with E-state index in [1.807, 2.05) is 18.2 Å². The zero-order valence-electron chi connectivity index (χ0n) is 14.0. The molecule has 1 N–H and O–H groups in total. The summed E-state index contributed by atoms with van der Waals surface area (Å²) in [6, 6.07) is 12.5. The van der Waals surface area contributed by atoms with Crippen LogP contribution >= 0.6 is 11.6 Å². The van der Waals surface area contributed by atoms with E-state index in [-0.39, 0.29) is 5.82 Å². The van der Waals surface area contributed by atoms with Gasteiger partial charge in [-0.25, -0.2) is 14.6 Å². The summed E-state index contributed by atoms with van der Waals surface area (Å²) in [6.45, 7) is 3.53. The average molecular weight is 368 g/mol. The zero-order chi connectivity index (χ0) is 18.3. The molecular formula is C18H14ClN5O2. The highest BCUT2D eigenvalue weighted by Crippen LogP contribution is 2.22. The van der Waals surface area contributed by atoms with Crippen molar-refractivity contribution in [1.29, 1.82) is 0 Å². The molecular weight excluding hydrogens is 354 g/mol. The van der Waals surface area contributed by atoms with Gasteiger partial charge < -0.3 is 9.73 Å². The molecule has 4 aromatic rings. The van der Waals surface area contributed by atoms with Crippen LogP contribution in [-0.2, 0) is 0 Å². The summed E-state index contributed by atoms with van der Waals surface area (Å²) in [7, 11) is 0. The van der Waals surface area contributed by atoms with Crippen LogP contribution in [0, 0.1) is 13.8 Å². The minimum Gasteiger partial charge on any atom is -0.441 e. The first-order chi connectivity index (χ1) is 12.5. The average Bonchev–Trinajstić information content (AvgIpc) is 3.17. The van der Waals surface area contributed by atoms with Crippen LogP contribution in [0.2, 0.25) is 5.02 Å². The molecule has 2 aromatic carbocycles. The topological polar surface area (TPSA) is 85.8 Å². The molecule has 0 fully saturated rings. The number of aryl methyl sites for hydroxylation is 2. The van der Waals surface area contributed by atoms with E-state index in [1.54, 1.807) is 42.8 Å². The monoisotopic (exact) mass is 367 g/mol.